The van der Waals surface area contributed by atoms with Gasteiger partial charge in [0.2, 0.25) is 0 Å². The van der Waals surface area contributed by atoms with Gasteiger partial charge in [-0.3, -0.25) is 0 Å². The van der Waals surface area contributed by atoms with E-state index in [4.69, 9.17) is 4.74 Å². The van der Waals surface area contributed by atoms with Crippen LogP contribution in [0.1, 0.15) is 33.5 Å². The number of esters is 1. The summed E-state index contributed by atoms with van der Waals surface area (Å²) < 4.78 is 4.92. The fourth-order valence-corrected chi connectivity index (χ4v) is 1.24. The molecule has 1 N–H and O–H groups in total. The Bertz CT molecular complexity index is 449. The Labute approximate surface area is 106 Å². The monoisotopic (exact) mass is 251 g/mol. The van der Waals surface area contributed by atoms with Crippen molar-refractivity contribution in [2.75, 3.05) is 6.61 Å². The maximum Gasteiger partial charge on any atom is 0.345 e. The van der Waals surface area contributed by atoms with E-state index in [9.17, 15) is 9.90 Å². The number of ether oxygens (including phenoxy) is 1. The molecule has 0 unspecified atom stereocenters. The van der Waals surface area contributed by atoms with Crippen LogP contribution in [0.5, 0.6) is 0 Å². The number of nitrogens with zero attached hydrogens (tertiary/aromatic N) is 3. The molecular weight excluding hydrogens is 234 g/mol. The van der Waals surface area contributed by atoms with Gasteiger partial charge in [-0.1, -0.05) is 20.8 Å². The summed E-state index contributed by atoms with van der Waals surface area (Å²) in [6.07, 6.45) is 2.52. The van der Waals surface area contributed by atoms with Crippen LogP contribution >= 0.6 is 0 Å². The second-order valence-electron chi connectivity index (χ2n) is 4.66. The average Bonchev–Trinajstić information content (AvgIpc) is 2.29. The van der Waals surface area contributed by atoms with E-state index < -0.39 is 11.4 Å². The number of aliphatic hydroxyl groups excluding tert-OH is 1. The lowest BCUT2D eigenvalue weighted by Crippen LogP contribution is -2.18. The molecule has 18 heavy (non-hydrogen) atoms. The number of rotatable bonds is 3. The van der Waals surface area contributed by atoms with Crippen LogP contribution in [0.4, 0.5) is 0 Å². The Morgan fingerprint density at radius 3 is 2.33 bits per heavy atom. The van der Waals surface area contributed by atoms with Gasteiger partial charge in [-0.05, 0) is 6.92 Å². The van der Waals surface area contributed by atoms with Crippen LogP contribution < -0.4 is 0 Å². The topological polar surface area (TPSA) is 85.2 Å². The third-order valence-electron chi connectivity index (χ3n) is 2.14. The minimum Gasteiger partial charge on any atom is -0.511 e. The Morgan fingerprint density at radius 2 is 1.89 bits per heavy atom. The molecule has 1 heterocycles. The zero-order chi connectivity index (χ0) is 13.8. The summed E-state index contributed by atoms with van der Waals surface area (Å²) in [7, 11) is 0. The van der Waals surface area contributed by atoms with E-state index in [1.54, 1.807) is 27.7 Å². The van der Waals surface area contributed by atoms with Crippen molar-refractivity contribution in [3.63, 3.8) is 0 Å². The van der Waals surface area contributed by atoms with Gasteiger partial charge in [-0.2, -0.15) is 0 Å². The summed E-state index contributed by atoms with van der Waals surface area (Å²) >= 11 is 0. The van der Waals surface area contributed by atoms with Gasteiger partial charge in [0.15, 0.2) is 5.82 Å². The predicted octanol–water partition coefficient (Wildman–Crippen LogP) is 1.75. The Balaban J connectivity index is 3.33. The molecule has 1 aromatic rings. The first-order valence-electron chi connectivity index (χ1n) is 5.61. The van der Waals surface area contributed by atoms with Crippen molar-refractivity contribution in [1.29, 1.82) is 0 Å². The standard InChI is InChI=1S/C12H17N3O3/c1-5-18-11(17)8(9(16)12(2,3)4)10-14-6-13-7-15-10/h6-7,16H,5H2,1-4H3/b9-8+. The number of aliphatic hydroxyl groups is 1. The highest BCUT2D eigenvalue weighted by Crippen LogP contribution is 2.29. The number of allylic oxidation sites excluding steroid dienone is 1. The Morgan fingerprint density at radius 1 is 1.33 bits per heavy atom. The van der Waals surface area contributed by atoms with E-state index in [0.29, 0.717) is 0 Å². The second-order valence-corrected chi connectivity index (χ2v) is 4.66. The number of carbonyl (C=O) groups excluding carboxylic acids is 1. The molecule has 0 spiro atoms. The van der Waals surface area contributed by atoms with Crippen molar-refractivity contribution >= 4 is 11.5 Å². The average molecular weight is 251 g/mol. The van der Waals surface area contributed by atoms with Crippen LogP contribution in [0.15, 0.2) is 18.4 Å². The molecule has 0 radical (unpaired) electrons. The molecule has 6 heteroatoms. The zero-order valence-corrected chi connectivity index (χ0v) is 11.0. The minimum atomic E-state index is -0.642. The Hall–Kier alpha value is -1.98. The van der Waals surface area contributed by atoms with Crippen molar-refractivity contribution in [3.8, 4) is 0 Å². The van der Waals surface area contributed by atoms with Gasteiger partial charge in [0.1, 0.15) is 24.0 Å². The van der Waals surface area contributed by atoms with E-state index in [1.807, 2.05) is 0 Å². The number of aromatic nitrogens is 3. The third kappa shape index (κ3) is 3.26. The summed E-state index contributed by atoms with van der Waals surface area (Å²) in [5.74, 6) is -0.640. The number of hydrogen-bond acceptors (Lipinski definition) is 6. The molecule has 0 bridgehead atoms. The minimum absolute atomic E-state index is 0.0215. The molecule has 98 valence electrons. The first-order valence-corrected chi connectivity index (χ1v) is 5.61. The quantitative estimate of drug-likeness (QED) is 0.500. The normalized spacial score (nSPS) is 12.9. The largest absolute Gasteiger partial charge is 0.511 e. The smallest absolute Gasteiger partial charge is 0.345 e. The SMILES string of the molecule is CCOC(=O)/C(=C(/O)C(C)(C)C)c1ncncn1. The van der Waals surface area contributed by atoms with Gasteiger partial charge in [0.25, 0.3) is 0 Å². The van der Waals surface area contributed by atoms with E-state index >= 15 is 0 Å². The lowest BCUT2D eigenvalue weighted by Gasteiger charge is -2.20. The molecule has 1 aromatic heterocycles. The number of carbonyl (C=O) groups is 1. The summed E-state index contributed by atoms with van der Waals surface area (Å²) in [6, 6.07) is 0. The van der Waals surface area contributed by atoms with E-state index in [-0.39, 0.29) is 23.8 Å². The summed E-state index contributed by atoms with van der Waals surface area (Å²) in [6.45, 7) is 7.25. The summed E-state index contributed by atoms with van der Waals surface area (Å²) in [4.78, 5) is 23.3. The van der Waals surface area contributed by atoms with Crippen LogP contribution in [-0.4, -0.2) is 32.6 Å². The summed E-state index contributed by atoms with van der Waals surface area (Å²) in [5.41, 5.74) is -0.624. The van der Waals surface area contributed by atoms with E-state index in [2.05, 4.69) is 15.0 Å². The van der Waals surface area contributed by atoms with Gasteiger partial charge in [-0.25, -0.2) is 19.7 Å². The van der Waals surface area contributed by atoms with Gasteiger partial charge >= 0.3 is 5.97 Å². The highest BCUT2D eigenvalue weighted by Gasteiger charge is 2.28. The van der Waals surface area contributed by atoms with Crippen LogP contribution in [0, 0.1) is 5.41 Å². The first kappa shape index (κ1) is 14.1. The molecule has 6 nitrogen and oxygen atoms in total. The van der Waals surface area contributed by atoms with Crippen LogP contribution in [0.3, 0.4) is 0 Å². The molecule has 0 saturated heterocycles. The van der Waals surface area contributed by atoms with Crippen molar-refractivity contribution < 1.29 is 14.6 Å². The Kier molecular flexibility index (Phi) is 4.36. The molecule has 1 rings (SSSR count). The molecule has 0 amide bonds. The zero-order valence-electron chi connectivity index (χ0n) is 11.0. The molecule has 0 aliphatic heterocycles. The molecule has 0 atom stereocenters. The van der Waals surface area contributed by atoms with Crippen molar-refractivity contribution in [2.24, 2.45) is 5.41 Å². The highest BCUT2D eigenvalue weighted by atomic mass is 16.5. The van der Waals surface area contributed by atoms with Gasteiger partial charge in [0, 0.05) is 5.41 Å². The van der Waals surface area contributed by atoms with Gasteiger partial charge in [0.05, 0.1) is 6.61 Å². The van der Waals surface area contributed by atoms with Crippen molar-refractivity contribution in [1.82, 2.24) is 15.0 Å². The molecule has 0 aromatic carbocycles. The highest BCUT2D eigenvalue weighted by molar-refractivity contribution is 6.16. The molecule has 0 aliphatic rings. The van der Waals surface area contributed by atoms with Crippen LogP contribution in [0.25, 0.3) is 5.57 Å². The molecule has 0 aliphatic carbocycles. The lowest BCUT2D eigenvalue weighted by molar-refractivity contribution is -0.136. The number of hydrogen-bond donors (Lipinski definition) is 1. The molecule has 0 fully saturated rings. The first-order chi connectivity index (χ1) is 8.38. The predicted molar refractivity (Wildman–Crippen MR) is 65.5 cm³/mol. The van der Waals surface area contributed by atoms with E-state index in [1.165, 1.54) is 12.7 Å². The van der Waals surface area contributed by atoms with Crippen molar-refractivity contribution in [3.05, 3.63) is 24.2 Å². The molecular formula is C12H17N3O3. The fraction of sp³-hybridized carbons (Fsp3) is 0.500. The lowest BCUT2D eigenvalue weighted by atomic mass is 9.90. The summed E-state index contributed by atoms with van der Waals surface area (Å²) in [5, 5.41) is 10.2. The van der Waals surface area contributed by atoms with Crippen molar-refractivity contribution in [2.45, 2.75) is 27.7 Å². The molecule has 0 saturated carbocycles. The van der Waals surface area contributed by atoms with Crippen LogP contribution in [0.2, 0.25) is 0 Å². The maximum absolute atomic E-state index is 11.9. The third-order valence-corrected chi connectivity index (χ3v) is 2.14. The van der Waals surface area contributed by atoms with E-state index in [0.717, 1.165) is 0 Å². The fourth-order valence-electron chi connectivity index (χ4n) is 1.24. The van der Waals surface area contributed by atoms with Gasteiger partial charge < -0.3 is 9.84 Å². The van der Waals surface area contributed by atoms with Crippen LogP contribution in [-0.2, 0) is 9.53 Å². The second kappa shape index (κ2) is 5.57. The van der Waals surface area contributed by atoms with Gasteiger partial charge in [-0.15, -0.1) is 0 Å². The maximum atomic E-state index is 11.9.